The molecule has 100 valence electrons. The number of rotatable bonds is 5. The summed E-state index contributed by atoms with van der Waals surface area (Å²) in [6.45, 7) is 4.07. The molecule has 7 heteroatoms. The van der Waals surface area contributed by atoms with Crippen LogP contribution in [0.15, 0.2) is 6.20 Å². The monoisotopic (exact) mass is 253 g/mol. The Bertz CT molecular complexity index is 406. The zero-order valence-electron chi connectivity index (χ0n) is 10.9. The average Bonchev–Trinajstić information content (AvgIpc) is 2.74. The predicted molar refractivity (Wildman–Crippen MR) is 64.7 cm³/mol. The molecule has 0 N–H and O–H groups in total. The first-order chi connectivity index (χ1) is 8.70. The van der Waals surface area contributed by atoms with Crippen molar-refractivity contribution in [2.45, 2.75) is 6.54 Å². The van der Waals surface area contributed by atoms with Crippen molar-refractivity contribution in [1.29, 1.82) is 0 Å². The molecule has 7 nitrogen and oxygen atoms in total. The smallest absolute Gasteiger partial charge is 0.236 e. The maximum atomic E-state index is 11.9. The van der Waals surface area contributed by atoms with Gasteiger partial charge >= 0.3 is 0 Å². The van der Waals surface area contributed by atoms with Crippen LogP contribution < -0.4 is 0 Å². The molecule has 0 aromatic carbocycles. The number of amides is 1. The molecule has 1 aromatic rings. The van der Waals surface area contributed by atoms with Crippen LogP contribution in [0.2, 0.25) is 0 Å². The predicted octanol–water partition coefficient (Wildman–Crippen LogP) is -0.894. The van der Waals surface area contributed by atoms with Crippen molar-refractivity contribution in [3.63, 3.8) is 0 Å². The van der Waals surface area contributed by atoms with Crippen LogP contribution in [0.1, 0.15) is 5.69 Å². The van der Waals surface area contributed by atoms with Crippen molar-refractivity contribution in [1.82, 2.24) is 24.8 Å². The molecule has 0 atom stereocenters. The fourth-order valence-electron chi connectivity index (χ4n) is 2.01. The average molecular weight is 253 g/mol. The molecule has 0 aliphatic carbocycles. The molecule has 1 aliphatic rings. The highest BCUT2D eigenvalue weighted by Gasteiger charge is 2.24. The molecule has 1 aromatic heterocycles. The van der Waals surface area contributed by atoms with Crippen LogP contribution >= 0.6 is 0 Å². The minimum Gasteiger partial charge on any atom is -0.383 e. The Balaban J connectivity index is 1.85. The minimum absolute atomic E-state index is 0.161. The Morgan fingerprint density at radius 3 is 2.89 bits per heavy atom. The molecule has 2 rings (SSSR count). The van der Waals surface area contributed by atoms with Gasteiger partial charge in [-0.05, 0) is 0 Å². The molecule has 18 heavy (non-hydrogen) atoms. The van der Waals surface area contributed by atoms with Crippen molar-refractivity contribution in [3.05, 3.63) is 11.9 Å². The van der Waals surface area contributed by atoms with Gasteiger partial charge in [0.05, 0.1) is 25.0 Å². The normalized spacial score (nSPS) is 17.4. The third-order valence-electron chi connectivity index (χ3n) is 3.16. The molecule has 0 bridgehead atoms. The van der Waals surface area contributed by atoms with Crippen LogP contribution in [-0.4, -0.2) is 70.6 Å². The fourth-order valence-corrected chi connectivity index (χ4v) is 2.01. The first kappa shape index (κ1) is 13.0. The number of ether oxygens (including phenoxy) is 1. The summed E-state index contributed by atoms with van der Waals surface area (Å²) in [5, 5.41) is 7.72. The second kappa shape index (κ2) is 5.92. The first-order valence-corrected chi connectivity index (χ1v) is 6.03. The summed E-state index contributed by atoms with van der Waals surface area (Å²) >= 11 is 0. The highest BCUT2D eigenvalue weighted by Crippen LogP contribution is 2.07. The van der Waals surface area contributed by atoms with Gasteiger partial charge in [-0.1, -0.05) is 5.21 Å². The summed E-state index contributed by atoms with van der Waals surface area (Å²) in [7, 11) is 3.51. The number of aromatic nitrogens is 3. The van der Waals surface area contributed by atoms with Crippen molar-refractivity contribution < 1.29 is 9.53 Å². The molecule has 2 heterocycles. The fraction of sp³-hybridized carbons (Fsp3) is 0.727. The van der Waals surface area contributed by atoms with Crippen LogP contribution in [0.3, 0.4) is 0 Å². The topological polar surface area (TPSA) is 63.5 Å². The molecule has 0 spiro atoms. The Kier molecular flexibility index (Phi) is 4.27. The van der Waals surface area contributed by atoms with Crippen LogP contribution in [0.5, 0.6) is 0 Å². The molecular formula is C11H19N5O2. The Morgan fingerprint density at radius 1 is 1.44 bits per heavy atom. The van der Waals surface area contributed by atoms with E-state index in [0.717, 1.165) is 18.8 Å². The van der Waals surface area contributed by atoms with Gasteiger partial charge in [0.1, 0.15) is 0 Å². The lowest BCUT2D eigenvalue weighted by Gasteiger charge is -2.33. The van der Waals surface area contributed by atoms with Gasteiger partial charge in [0.2, 0.25) is 5.91 Å². The van der Waals surface area contributed by atoms with Crippen LogP contribution in [-0.2, 0) is 23.1 Å². The van der Waals surface area contributed by atoms with E-state index in [1.807, 2.05) is 11.9 Å². The van der Waals surface area contributed by atoms with Gasteiger partial charge in [-0.25, -0.2) is 0 Å². The summed E-state index contributed by atoms with van der Waals surface area (Å²) in [6.07, 6.45) is 1.74. The highest BCUT2D eigenvalue weighted by molar-refractivity contribution is 5.79. The van der Waals surface area contributed by atoms with E-state index < -0.39 is 0 Å². The first-order valence-electron chi connectivity index (χ1n) is 6.03. The molecule has 1 fully saturated rings. The maximum absolute atomic E-state index is 11.9. The lowest BCUT2D eigenvalue weighted by molar-refractivity contribution is -0.136. The number of aryl methyl sites for hydroxylation is 1. The second-order valence-corrected chi connectivity index (χ2v) is 4.43. The third-order valence-corrected chi connectivity index (χ3v) is 3.16. The van der Waals surface area contributed by atoms with Gasteiger partial charge in [-0.2, -0.15) is 0 Å². The second-order valence-electron chi connectivity index (χ2n) is 4.43. The van der Waals surface area contributed by atoms with E-state index in [0.29, 0.717) is 26.2 Å². The van der Waals surface area contributed by atoms with Gasteiger partial charge in [0.15, 0.2) is 0 Å². The van der Waals surface area contributed by atoms with Crippen molar-refractivity contribution in [2.75, 3.05) is 39.9 Å². The maximum Gasteiger partial charge on any atom is 0.236 e. The van der Waals surface area contributed by atoms with Crippen molar-refractivity contribution in [3.8, 4) is 0 Å². The molecule has 1 saturated heterocycles. The van der Waals surface area contributed by atoms with E-state index in [2.05, 4.69) is 15.2 Å². The van der Waals surface area contributed by atoms with E-state index in [1.165, 1.54) is 0 Å². The number of piperazine rings is 1. The number of methoxy groups -OCH3 is 1. The minimum atomic E-state index is 0.161. The van der Waals surface area contributed by atoms with E-state index in [-0.39, 0.29) is 5.91 Å². The number of hydrogen-bond acceptors (Lipinski definition) is 5. The summed E-state index contributed by atoms with van der Waals surface area (Å²) in [6, 6.07) is 0. The SMILES string of the molecule is COCCN1CCN(Cc2cnnn2C)CC1=O. The lowest BCUT2D eigenvalue weighted by Crippen LogP contribution is -2.50. The van der Waals surface area contributed by atoms with Crippen molar-refractivity contribution in [2.24, 2.45) is 7.05 Å². The Morgan fingerprint density at radius 2 is 2.28 bits per heavy atom. The number of carbonyl (C=O) groups excluding carboxylic acids is 1. The summed E-state index contributed by atoms with van der Waals surface area (Å²) in [5.74, 6) is 0.161. The molecule has 1 amide bonds. The third kappa shape index (κ3) is 3.05. The zero-order chi connectivity index (χ0) is 13.0. The quantitative estimate of drug-likeness (QED) is 0.681. The molecule has 1 aliphatic heterocycles. The van der Waals surface area contributed by atoms with Gasteiger partial charge in [0.25, 0.3) is 0 Å². The lowest BCUT2D eigenvalue weighted by atomic mass is 10.3. The highest BCUT2D eigenvalue weighted by atomic mass is 16.5. The standard InChI is InChI=1S/C11H19N5O2/c1-14-10(7-12-13-14)8-15-3-4-16(5-6-18-2)11(17)9-15/h7H,3-6,8-9H2,1-2H3. The molecule has 0 saturated carbocycles. The van der Waals surface area contributed by atoms with Gasteiger partial charge in [-0.15, -0.1) is 5.10 Å². The van der Waals surface area contributed by atoms with Gasteiger partial charge in [0, 0.05) is 40.3 Å². The van der Waals surface area contributed by atoms with E-state index in [1.54, 1.807) is 18.0 Å². The zero-order valence-corrected chi connectivity index (χ0v) is 10.9. The van der Waals surface area contributed by atoms with Crippen LogP contribution in [0.4, 0.5) is 0 Å². The van der Waals surface area contributed by atoms with E-state index >= 15 is 0 Å². The van der Waals surface area contributed by atoms with Crippen LogP contribution in [0, 0.1) is 0 Å². The summed E-state index contributed by atoms with van der Waals surface area (Å²) < 4.78 is 6.73. The van der Waals surface area contributed by atoms with E-state index in [9.17, 15) is 4.79 Å². The molecule has 0 radical (unpaired) electrons. The van der Waals surface area contributed by atoms with Gasteiger partial charge < -0.3 is 9.64 Å². The Hall–Kier alpha value is -1.47. The van der Waals surface area contributed by atoms with Gasteiger partial charge in [-0.3, -0.25) is 14.4 Å². The number of carbonyl (C=O) groups is 1. The van der Waals surface area contributed by atoms with Crippen molar-refractivity contribution >= 4 is 5.91 Å². The number of nitrogens with zero attached hydrogens (tertiary/aromatic N) is 5. The Labute approximate surface area is 106 Å². The van der Waals surface area contributed by atoms with Crippen LogP contribution in [0.25, 0.3) is 0 Å². The molecule has 0 unspecified atom stereocenters. The summed E-state index contributed by atoms with van der Waals surface area (Å²) in [4.78, 5) is 15.9. The summed E-state index contributed by atoms with van der Waals surface area (Å²) in [5.41, 5.74) is 1.02. The van der Waals surface area contributed by atoms with E-state index in [4.69, 9.17) is 4.74 Å². The number of hydrogen-bond donors (Lipinski definition) is 0. The molecular weight excluding hydrogens is 234 g/mol. The largest absolute Gasteiger partial charge is 0.383 e.